The molecule has 10 heteroatoms. The topological polar surface area (TPSA) is 106 Å². The number of rotatable bonds is 8. The molecule has 3 heterocycles. The van der Waals surface area contributed by atoms with Gasteiger partial charge in [-0.1, -0.05) is 23.2 Å². The highest BCUT2D eigenvalue weighted by molar-refractivity contribution is 6.32. The van der Waals surface area contributed by atoms with E-state index >= 15 is 0 Å². The summed E-state index contributed by atoms with van der Waals surface area (Å²) in [5.74, 6) is 0.745. The molecule has 1 aromatic carbocycles. The van der Waals surface area contributed by atoms with Gasteiger partial charge in [0.15, 0.2) is 0 Å². The molecule has 0 unspecified atom stereocenters. The molecule has 34 heavy (non-hydrogen) atoms. The van der Waals surface area contributed by atoms with Crippen LogP contribution in [-0.2, 0) is 4.74 Å². The van der Waals surface area contributed by atoms with Crippen molar-refractivity contribution in [2.45, 2.75) is 49.7 Å². The van der Waals surface area contributed by atoms with Crippen molar-refractivity contribution in [3.63, 3.8) is 0 Å². The first-order valence-corrected chi connectivity index (χ1v) is 12.6. The quantitative estimate of drug-likeness (QED) is 0.319. The molecule has 0 spiro atoms. The Morgan fingerprint density at radius 2 is 2.06 bits per heavy atom. The lowest BCUT2D eigenvalue weighted by molar-refractivity contribution is -0.0712. The average molecular weight is 505 g/mol. The van der Waals surface area contributed by atoms with Crippen LogP contribution in [0.2, 0.25) is 5.02 Å². The number of anilines is 1. The first-order valence-electron chi connectivity index (χ1n) is 11.9. The predicted molar refractivity (Wildman–Crippen MR) is 135 cm³/mol. The number of nitrogens with zero attached hydrogens (tertiary/aromatic N) is 3. The molecule has 2 aromatic rings. The van der Waals surface area contributed by atoms with Crippen molar-refractivity contribution in [2.75, 3.05) is 38.2 Å². The van der Waals surface area contributed by atoms with E-state index in [0.29, 0.717) is 30.1 Å². The molecule has 3 fully saturated rings. The Labute approximate surface area is 209 Å². The molecule has 1 aromatic heterocycles. The molecule has 4 N–H and O–H groups in total. The van der Waals surface area contributed by atoms with Gasteiger partial charge in [-0.25, -0.2) is 9.97 Å². The monoisotopic (exact) mass is 504 g/mol. The molecule has 1 aliphatic carbocycles. The highest BCUT2D eigenvalue weighted by Gasteiger charge is 2.34. The molecule has 2 saturated heterocycles. The van der Waals surface area contributed by atoms with Gasteiger partial charge in [0, 0.05) is 29.4 Å². The van der Waals surface area contributed by atoms with Crippen molar-refractivity contribution >= 4 is 46.3 Å². The zero-order chi connectivity index (χ0) is 23.7. The number of aliphatic hydroxyl groups is 1. The van der Waals surface area contributed by atoms with Crippen LogP contribution in [0.1, 0.15) is 43.6 Å². The lowest BCUT2D eigenvalue weighted by Crippen LogP contribution is -2.51. The van der Waals surface area contributed by atoms with Crippen LogP contribution in [0, 0.1) is 5.41 Å². The fourth-order valence-electron chi connectivity index (χ4n) is 4.82. The van der Waals surface area contributed by atoms with E-state index in [2.05, 4.69) is 31.6 Å². The molecule has 182 valence electrons. The van der Waals surface area contributed by atoms with Crippen LogP contribution in [0.15, 0.2) is 29.2 Å². The zero-order valence-corrected chi connectivity index (χ0v) is 20.5. The van der Waals surface area contributed by atoms with Gasteiger partial charge in [-0.05, 0) is 68.8 Å². The number of ether oxygens (including phenoxy) is 1. The second kappa shape index (κ2) is 9.95. The van der Waals surface area contributed by atoms with E-state index in [1.807, 2.05) is 6.07 Å². The van der Waals surface area contributed by atoms with E-state index in [4.69, 9.17) is 33.3 Å². The van der Waals surface area contributed by atoms with Crippen molar-refractivity contribution in [3.05, 3.63) is 39.8 Å². The Morgan fingerprint density at radius 1 is 1.29 bits per heavy atom. The Hall–Kier alpha value is -1.97. The molecule has 1 saturated carbocycles. The maximum absolute atomic E-state index is 10.3. The first kappa shape index (κ1) is 23.8. The van der Waals surface area contributed by atoms with Crippen molar-refractivity contribution < 1.29 is 9.84 Å². The molecule has 5 rings (SSSR count). The third-order valence-electron chi connectivity index (χ3n) is 7.29. The Bertz CT molecular complexity index is 1090. The van der Waals surface area contributed by atoms with Gasteiger partial charge in [-0.15, -0.1) is 0 Å². The molecule has 0 bridgehead atoms. The summed E-state index contributed by atoms with van der Waals surface area (Å²) in [5.41, 5.74) is 1.54. The van der Waals surface area contributed by atoms with E-state index in [-0.39, 0.29) is 5.16 Å². The molecule has 3 aliphatic rings. The van der Waals surface area contributed by atoms with E-state index < -0.39 is 5.60 Å². The minimum Gasteiger partial charge on any atom is -0.388 e. The molecular formula is C24H30Cl2N6O2. The average Bonchev–Trinajstić information content (AvgIpc) is 2.79. The third kappa shape index (κ3) is 5.02. The number of benzene rings is 1. The number of fused-ring (bicyclic) bond motifs is 1. The van der Waals surface area contributed by atoms with Gasteiger partial charge in [0.2, 0.25) is 5.95 Å². The number of allylic oxidation sites excluding steroid dienone is 1. The summed E-state index contributed by atoms with van der Waals surface area (Å²) < 4.78 is 5.34. The standard InChI is InChI=1S/C24H30Cl2N6O2/c25-19-8-16-11-28-23(31-21(10-27)22(26)29-14-24(33)4-1-5-24)30-20(16)9-18(19)15-2-6-32(7-3-15)17-12-34-13-17/h8-11,15,17,27,29,33H,1-7,12-14H2,(H,28,30,31)/b22-21+,27-10?. The van der Waals surface area contributed by atoms with Gasteiger partial charge in [0.1, 0.15) is 5.16 Å². The third-order valence-corrected chi connectivity index (χ3v) is 7.95. The van der Waals surface area contributed by atoms with Crippen LogP contribution in [0.25, 0.3) is 10.9 Å². The summed E-state index contributed by atoms with van der Waals surface area (Å²) in [5, 5.41) is 25.9. The fraction of sp³-hybridized carbons (Fsp3) is 0.542. The second-order valence-corrected chi connectivity index (χ2v) is 10.3. The highest BCUT2D eigenvalue weighted by Crippen LogP contribution is 2.36. The minimum absolute atomic E-state index is 0.249. The molecule has 2 aliphatic heterocycles. The van der Waals surface area contributed by atoms with Gasteiger partial charge >= 0.3 is 0 Å². The predicted octanol–water partition coefficient (Wildman–Crippen LogP) is 3.84. The second-order valence-electron chi connectivity index (χ2n) is 9.56. The van der Waals surface area contributed by atoms with E-state index in [1.54, 1.807) is 6.20 Å². The number of halogens is 2. The van der Waals surface area contributed by atoms with Crippen LogP contribution >= 0.6 is 23.2 Å². The molecule has 8 nitrogen and oxygen atoms in total. The Morgan fingerprint density at radius 3 is 2.68 bits per heavy atom. The first-order chi connectivity index (χ1) is 16.4. The number of aromatic nitrogens is 2. The maximum Gasteiger partial charge on any atom is 0.227 e. The SMILES string of the molecule is N=C/C(Nc1ncc2cc(Cl)c(C3CCN(C4COC4)CC3)cc2n1)=C(/Cl)NCC1(O)CCC1. The van der Waals surface area contributed by atoms with Gasteiger partial charge in [-0.2, -0.15) is 0 Å². The summed E-state index contributed by atoms with van der Waals surface area (Å²) in [6.45, 7) is 4.15. The number of nitrogens with one attached hydrogen (secondary N) is 3. The van der Waals surface area contributed by atoms with E-state index in [9.17, 15) is 5.11 Å². The number of likely N-dealkylation sites (tertiary alicyclic amines) is 1. The van der Waals surface area contributed by atoms with Gasteiger partial charge < -0.3 is 25.9 Å². The van der Waals surface area contributed by atoms with Crippen LogP contribution in [-0.4, -0.2) is 70.7 Å². The van der Waals surface area contributed by atoms with E-state index in [1.165, 1.54) is 0 Å². The number of piperidine rings is 1. The lowest BCUT2D eigenvalue weighted by atomic mass is 9.80. The highest BCUT2D eigenvalue weighted by atomic mass is 35.5. The maximum atomic E-state index is 10.3. The van der Waals surface area contributed by atoms with Crippen LogP contribution in [0.5, 0.6) is 0 Å². The van der Waals surface area contributed by atoms with Crippen LogP contribution in [0.3, 0.4) is 0 Å². The van der Waals surface area contributed by atoms with Crippen molar-refractivity contribution in [1.29, 1.82) is 5.41 Å². The Balaban J connectivity index is 1.30. The van der Waals surface area contributed by atoms with Crippen LogP contribution in [0.4, 0.5) is 5.95 Å². The largest absolute Gasteiger partial charge is 0.388 e. The van der Waals surface area contributed by atoms with Crippen molar-refractivity contribution in [1.82, 2.24) is 20.2 Å². The zero-order valence-electron chi connectivity index (χ0n) is 19.0. The van der Waals surface area contributed by atoms with Crippen molar-refractivity contribution in [2.24, 2.45) is 0 Å². The van der Waals surface area contributed by atoms with Gasteiger partial charge in [-0.3, -0.25) is 4.90 Å². The smallest absolute Gasteiger partial charge is 0.227 e. The Kier molecular flexibility index (Phi) is 6.95. The van der Waals surface area contributed by atoms with Crippen LogP contribution < -0.4 is 10.6 Å². The van der Waals surface area contributed by atoms with Gasteiger partial charge in [0.25, 0.3) is 0 Å². The summed E-state index contributed by atoms with van der Waals surface area (Å²) >= 11 is 13.0. The summed E-state index contributed by atoms with van der Waals surface area (Å²) in [6.07, 6.45) is 7.48. The summed E-state index contributed by atoms with van der Waals surface area (Å²) in [4.78, 5) is 11.6. The number of hydrogen-bond donors (Lipinski definition) is 4. The lowest BCUT2D eigenvalue weighted by Gasteiger charge is -2.41. The molecule has 0 radical (unpaired) electrons. The normalized spacial score (nSPS) is 22.0. The molecule has 0 atom stereocenters. The minimum atomic E-state index is -0.718. The molecule has 0 amide bonds. The summed E-state index contributed by atoms with van der Waals surface area (Å²) in [7, 11) is 0. The fourth-order valence-corrected chi connectivity index (χ4v) is 5.32. The van der Waals surface area contributed by atoms with E-state index in [0.717, 1.165) is 86.1 Å². The van der Waals surface area contributed by atoms with Crippen molar-refractivity contribution in [3.8, 4) is 0 Å². The molecular weight excluding hydrogens is 475 g/mol. The van der Waals surface area contributed by atoms with Gasteiger partial charge in [0.05, 0.1) is 36.1 Å². The summed E-state index contributed by atoms with van der Waals surface area (Å²) in [6, 6.07) is 4.57. The number of hydrogen-bond acceptors (Lipinski definition) is 8.